The average Bonchev–Trinajstić information content (AvgIpc) is 2.82. The molecule has 0 saturated carbocycles. The summed E-state index contributed by atoms with van der Waals surface area (Å²) in [5.41, 5.74) is 0.633. The molecule has 0 unspecified atom stereocenters. The Hall–Kier alpha value is -1.73. The third kappa shape index (κ3) is 3.68. The fourth-order valence-corrected chi connectivity index (χ4v) is 3.20. The molecule has 2 rings (SSSR count). The number of halogens is 2. The molecule has 0 radical (unpaired) electrons. The van der Waals surface area contributed by atoms with Gasteiger partial charge in [-0.25, -0.2) is 9.18 Å². The number of thiophene rings is 1. The number of carbonyl (C=O) groups excluding carboxylic acids is 2. The minimum atomic E-state index is -0.535. The SMILES string of the molecule is COC(=O)c1scc(Br)c1NC(=O)Cc1ccccc1F. The van der Waals surface area contributed by atoms with Gasteiger partial charge in [-0.15, -0.1) is 11.3 Å². The molecule has 0 atom stereocenters. The molecular formula is C14H11BrFNO3S. The van der Waals surface area contributed by atoms with Gasteiger partial charge in [-0.05, 0) is 27.6 Å². The largest absolute Gasteiger partial charge is 0.465 e. The molecule has 1 aromatic heterocycles. The maximum atomic E-state index is 13.5. The van der Waals surface area contributed by atoms with Crippen LogP contribution in [0.4, 0.5) is 10.1 Å². The third-order valence-corrected chi connectivity index (χ3v) is 4.58. The molecule has 0 aliphatic heterocycles. The Labute approximate surface area is 133 Å². The molecule has 0 aliphatic rings. The molecule has 0 aliphatic carbocycles. The minimum absolute atomic E-state index is 0.116. The van der Waals surface area contributed by atoms with E-state index in [1.165, 1.54) is 13.2 Å². The van der Waals surface area contributed by atoms with Gasteiger partial charge in [0.15, 0.2) is 0 Å². The molecule has 1 N–H and O–H groups in total. The smallest absolute Gasteiger partial charge is 0.350 e. The predicted octanol–water partition coefficient (Wildman–Crippen LogP) is 3.62. The molecule has 0 saturated heterocycles. The van der Waals surface area contributed by atoms with Crippen molar-refractivity contribution in [2.75, 3.05) is 12.4 Å². The second kappa shape index (κ2) is 6.82. The van der Waals surface area contributed by atoms with Crippen molar-refractivity contribution in [1.82, 2.24) is 0 Å². The van der Waals surface area contributed by atoms with Crippen molar-refractivity contribution in [2.45, 2.75) is 6.42 Å². The summed E-state index contributed by atoms with van der Waals surface area (Å²) in [6.45, 7) is 0. The molecule has 2 aromatic rings. The lowest BCUT2D eigenvalue weighted by molar-refractivity contribution is -0.115. The summed E-state index contributed by atoms with van der Waals surface area (Å²) in [7, 11) is 1.26. The normalized spacial score (nSPS) is 10.2. The maximum Gasteiger partial charge on any atom is 0.350 e. The van der Waals surface area contributed by atoms with Crippen molar-refractivity contribution in [3.8, 4) is 0 Å². The van der Waals surface area contributed by atoms with Gasteiger partial charge in [-0.2, -0.15) is 0 Å². The monoisotopic (exact) mass is 371 g/mol. The summed E-state index contributed by atoms with van der Waals surface area (Å²) in [5.74, 6) is -1.39. The van der Waals surface area contributed by atoms with Gasteiger partial charge >= 0.3 is 5.97 Å². The van der Waals surface area contributed by atoms with E-state index in [1.54, 1.807) is 23.6 Å². The van der Waals surface area contributed by atoms with E-state index < -0.39 is 17.7 Å². The topological polar surface area (TPSA) is 55.4 Å². The van der Waals surface area contributed by atoms with E-state index in [9.17, 15) is 14.0 Å². The Balaban J connectivity index is 2.15. The summed E-state index contributed by atoms with van der Waals surface area (Å²) in [4.78, 5) is 23.9. The number of methoxy groups -OCH3 is 1. The quantitative estimate of drug-likeness (QED) is 0.835. The van der Waals surface area contributed by atoms with Gasteiger partial charge in [0.05, 0.1) is 23.7 Å². The van der Waals surface area contributed by atoms with Gasteiger partial charge in [0, 0.05) is 5.38 Å². The first-order valence-corrected chi connectivity index (χ1v) is 7.58. The molecule has 21 heavy (non-hydrogen) atoms. The van der Waals surface area contributed by atoms with Crippen molar-refractivity contribution in [1.29, 1.82) is 0 Å². The first-order valence-electron chi connectivity index (χ1n) is 5.91. The van der Waals surface area contributed by atoms with Crippen LogP contribution in [-0.2, 0) is 16.0 Å². The van der Waals surface area contributed by atoms with Crippen LogP contribution in [0.25, 0.3) is 0 Å². The predicted molar refractivity (Wildman–Crippen MR) is 82.1 cm³/mol. The van der Waals surface area contributed by atoms with Crippen LogP contribution in [0, 0.1) is 5.82 Å². The summed E-state index contributed by atoms with van der Waals surface area (Å²) in [6, 6.07) is 6.05. The molecule has 1 heterocycles. The lowest BCUT2D eigenvalue weighted by atomic mass is 10.1. The molecule has 7 heteroatoms. The zero-order valence-electron chi connectivity index (χ0n) is 11.0. The van der Waals surface area contributed by atoms with Crippen LogP contribution >= 0.6 is 27.3 Å². The van der Waals surface area contributed by atoms with Crippen molar-refractivity contribution in [3.63, 3.8) is 0 Å². The average molecular weight is 372 g/mol. The standard InChI is InChI=1S/C14H11BrFNO3S/c1-20-14(19)13-12(9(15)7-21-13)17-11(18)6-8-4-2-3-5-10(8)16/h2-5,7H,6H2,1H3,(H,17,18). The molecular weight excluding hydrogens is 361 g/mol. The van der Waals surface area contributed by atoms with E-state index in [0.29, 0.717) is 15.7 Å². The Kier molecular flexibility index (Phi) is 5.08. The van der Waals surface area contributed by atoms with Gasteiger partial charge in [0.2, 0.25) is 5.91 Å². The second-order valence-corrected chi connectivity index (χ2v) is 5.83. The zero-order valence-corrected chi connectivity index (χ0v) is 13.4. The second-order valence-electron chi connectivity index (χ2n) is 4.10. The van der Waals surface area contributed by atoms with Crippen LogP contribution in [0.1, 0.15) is 15.2 Å². The lowest BCUT2D eigenvalue weighted by Gasteiger charge is -2.07. The molecule has 1 aromatic carbocycles. The molecule has 0 spiro atoms. The van der Waals surface area contributed by atoms with Crippen LogP contribution in [0.3, 0.4) is 0 Å². The maximum absolute atomic E-state index is 13.5. The third-order valence-electron chi connectivity index (χ3n) is 2.69. The van der Waals surface area contributed by atoms with Crippen molar-refractivity contribution in [2.24, 2.45) is 0 Å². The highest BCUT2D eigenvalue weighted by atomic mass is 79.9. The van der Waals surface area contributed by atoms with Crippen LogP contribution in [0.2, 0.25) is 0 Å². The number of carbonyl (C=O) groups is 2. The summed E-state index contributed by atoms with van der Waals surface area (Å²) < 4.78 is 18.7. The van der Waals surface area contributed by atoms with Crippen LogP contribution < -0.4 is 5.32 Å². The number of amides is 1. The molecule has 4 nitrogen and oxygen atoms in total. The van der Waals surface area contributed by atoms with Crippen molar-refractivity contribution in [3.05, 3.63) is 50.4 Å². The van der Waals surface area contributed by atoms with Gasteiger partial charge < -0.3 is 10.1 Å². The van der Waals surface area contributed by atoms with Crippen molar-refractivity contribution < 1.29 is 18.7 Å². The number of benzene rings is 1. The van der Waals surface area contributed by atoms with E-state index in [4.69, 9.17) is 0 Å². The van der Waals surface area contributed by atoms with Gasteiger partial charge in [0.1, 0.15) is 10.7 Å². The highest BCUT2D eigenvalue weighted by molar-refractivity contribution is 9.10. The van der Waals surface area contributed by atoms with Crippen LogP contribution in [0.5, 0.6) is 0 Å². The van der Waals surface area contributed by atoms with Crippen LogP contribution in [0.15, 0.2) is 34.1 Å². The van der Waals surface area contributed by atoms with Gasteiger partial charge in [-0.1, -0.05) is 18.2 Å². The van der Waals surface area contributed by atoms with Crippen LogP contribution in [-0.4, -0.2) is 19.0 Å². The Morgan fingerprint density at radius 3 is 2.76 bits per heavy atom. The zero-order chi connectivity index (χ0) is 15.4. The number of hydrogen-bond donors (Lipinski definition) is 1. The fourth-order valence-electron chi connectivity index (χ4n) is 1.69. The Morgan fingerprint density at radius 1 is 1.38 bits per heavy atom. The van der Waals surface area contributed by atoms with Crippen molar-refractivity contribution >= 4 is 44.8 Å². The summed E-state index contributed by atoms with van der Waals surface area (Å²) in [5, 5.41) is 4.28. The summed E-state index contributed by atoms with van der Waals surface area (Å²) >= 11 is 4.41. The highest BCUT2D eigenvalue weighted by Gasteiger charge is 2.19. The van der Waals surface area contributed by atoms with E-state index in [-0.39, 0.29) is 11.3 Å². The molecule has 0 fully saturated rings. The minimum Gasteiger partial charge on any atom is -0.465 e. The van der Waals surface area contributed by atoms with Gasteiger partial charge in [-0.3, -0.25) is 4.79 Å². The molecule has 0 bridgehead atoms. The number of ether oxygens (including phenoxy) is 1. The van der Waals surface area contributed by atoms with Gasteiger partial charge in [0.25, 0.3) is 0 Å². The number of hydrogen-bond acceptors (Lipinski definition) is 4. The first-order chi connectivity index (χ1) is 10.0. The van der Waals surface area contributed by atoms with E-state index in [0.717, 1.165) is 11.3 Å². The first kappa shape index (κ1) is 15.7. The van der Waals surface area contributed by atoms with E-state index in [1.807, 2.05) is 0 Å². The highest BCUT2D eigenvalue weighted by Crippen LogP contribution is 2.33. The Bertz CT molecular complexity index is 687. The lowest BCUT2D eigenvalue weighted by Crippen LogP contribution is -2.17. The Morgan fingerprint density at radius 2 is 2.10 bits per heavy atom. The fraction of sp³-hybridized carbons (Fsp3) is 0.143. The molecule has 1 amide bonds. The number of nitrogens with one attached hydrogen (secondary N) is 1. The summed E-state index contributed by atoms with van der Waals surface area (Å²) in [6.07, 6.45) is -0.116. The van der Waals surface area contributed by atoms with E-state index >= 15 is 0 Å². The number of anilines is 1. The number of rotatable bonds is 4. The molecule has 110 valence electrons. The van der Waals surface area contributed by atoms with E-state index in [2.05, 4.69) is 26.0 Å². The number of esters is 1.